The Balaban J connectivity index is 1.70. The molecule has 1 aliphatic rings. The van der Waals surface area contributed by atoms with E-state index in [0.717, 1.165) is 16.9 Å². The van der Waals surface area contributed by atoms with E-state index in [9.17, 15) is 26.7 Å². The number of amides is 1. The van der Waals surface area contributed by atoms with Crippen molar-refractivity contribution >= 4 is 5.91 Å². The molecular formula is C15H13F5N4O. The lowest BCUT2D eigenvalue weighted by Crippen LogP contribution is -2.29. The molecule has 0 radical (unpaired) electrons. The fraction of sp³-hybridized carbons (Fsp3) is 0.400. The third kappa shape index (κ3) is 3.47. The lowest BCUT2D eigenvalue weighted by atomic mass is 10.1. The van der Waals surface area contributed by atoms with Crippen molar-refractivity contribution < 1.29 is 26.7 Å². The summed E-state index contributed by atoms with van der Waals surface area (Å²) in [6, 6.07) is 1.51. The summed E-state index contributed by atoms with van der Waals surface area (Å²) in [6.07, 6.45) is -2.67. The van der Waals surface area contributed by atoms with Gasteiger partial charge in [0.15, 0.2) is 0 Å². The number of carbonyl (C=O) groups is 1. The molecule has 2 aromatic rings. The van der Waals surface area contributed by atoms with Crippen molar-refractivity contribution in [2.24, 2.45) is 0 Å². The number of aromatic nitrogens is 3. The van der Waals surface area contributed by atoms with Crippen LogP contribution in [0, 0.1) is 0 Å². The number of hydrogen-bond donors (Lipinski definition) is 1. The summed E-state index contributed by atoms with van der Waals surface area (Å²) in [5, 5.41) is 6.29. The number of pyridine rings is 1. The van der Waals surface area contributed by atoms with Crippen LogP contribution in [0.5, 0.6) is 0 Å². The zero-order valence-corrected chi connectivity index (χ0v) is 12.9. The molecule has 3 rings (SSSR count). The highest BCUT2D eigenvalue weighted by Gasteiger charge is 2.59. The van der Waals surface area contributed by atoms with Crippen LogP contribution in [-0.4, -0.2) is 26.6 Å². The van der Waals surface area contributed by atoms with Crippen molar-refractivity contribution in [3.63, 3.8) is 0 Å². The Kier molecular flexibility index (Phi) is 4.00. The number of carbonyl (C=O) groups excluding carboxylic acids is 1. The second kappa shape index (κ2) is 5.78. The molecule has 1 saturated carbocycles. The number of nitrogens with one attached hydrogen (secondary N) is 1. The number of rotatable bonds is 4. The summed E-state index contributed by atoms with van der Waals surface area (Å²) in [7, 11) is 0. The van der Waals surface area contributed by atoms with E-state index >= 15 is 0 Å². The summed E-state index contributed by atoms with van der Waals surface area (Å²) < 4.78 is 64.8. The zero-order chi connectivity index (χ0) is 18.4. The van der Waals surface area contributed by atoms with Gasteiger partial charge < -0.3 is 5.32 Å². The first-order valence-corrected chi connectivity index (χ1v) is 7.35. The molecule has 1 fully saturated rings. The van der Waals surface area contributed by atoms with Gasteiger partial charge in [-0.1, -0.05) is 6.07 Å². The summed E-state index contributed by atoms with van der Waals surface area (Å²) in [5.74, 6) is -3.53. The molecule has 1 aliphatic carbocycles. The van der Waals surface area contributed by atoms with Gasteiger partial charge in [-0.2, -0.15) is 18.3 Å². The van der Waals surface area contributed by atoms with Gasteiger partial charge in [0.05, 0.1) is 6.04 Å². The lowest BCUT2D eigenvalue weighted by molar-refractivity contribution is -0.141. The predicted octanol–water partition coefficient (Wildman–Crippen LogP) is 3.37. The van der Waals surface area contributed by atoms with Crippen molar-refractivity contribution in [2.75, 3.05) is 0 Å². The smallest absolute Gasteiger partial charge is 0.344 e. The number of nitrogens with zero attached hydrogens (tertiary/aromatic N) is 3. The van der Waals surface area contributed by atoms with Crippen molar-refractivity contribution in [1.29, 1.82) is 0 Å². The molecule has 1 unspecified atom stereocenters. The van der Waals surface area contributed by atoms with Crippen LogP contribution >= 0.6 is 0 Å². The Labute approximate surface area is 138 Å². The van der Waals surface area contributed by atoms with Crippen LogP contribution in [0.3, 0.4) is 0 Å². The largest absolute Gasteiger partial charge is 0.433 e. The molecule has 134 valence electrons. The summed E-state index contributed by atoms with van der Waals surface area (Å²) in [6.45, 7) is 1.55. The van der Waals surface area contributed by atoms with E-state index in [1.165, 1.54) is 18.3 Å². The van der Waals surface area contributed by atoms with E-state index in [-0.39, 0.29) is 12.1 Å². The second-order valence-corrected chi connectivity index (χ2v) is 5.81. The fourth-order valence-electron chi connectivity index (χ4n) is 2.39. The molecule has 0 bridgehead atoms. The molecule has 5 nitrogen and oxygen atoms in total. The normalized spacial score (nSPS) is 20.2. The molecule has 1 amide bonds. The highest BCUT2D eigenvalue weighted by molar-refractivity contribution is 5.92. The van der Waals surface area contributed by atoms with Crippen molar-refractivity contribution in [3.05, 3.63) is 47.5 Å². The lowest BCUT2D eigenvalue weighted by Gasteiger charge is -2.15. The van der Waals surface area contributed by atoms with Crippen molar-refractivity contribution in [2.45, 2.75) is 37.5 Å². The Morgan fingerprint density at radius 2 is 2.04 bits per heavy atom. The predicted molar refractivity (Wildman–Crippen MR) is 75.9 cm³/mol. The van der Waals surface area contributed by atoms with Gasteiger partial charge in [0.1, 0.15) is 17.4 Å². The molecule has 1 N–H and O–H groups in total. The second-order valence-electron chi connectivity index (χ2n) is 5.81. The minimum absolute atomic E-state index is 0.0334. The number of hydrogen-bond acceptors (Lipinski definition) is 3. The maximum absolute atomic E-state index is 13.2. The maximum Gasteiger partial charge on any atom is 0.433 e. The monoisotopic (exact) mass is 360 g/mol. The molecular weight excluding hydrogens is 347 g/mol. The van der Waals surface area contributed by atoms with Crippen LogP contribution in [0.25, 0.3) is 0 Å². The average molecular weight is 360 g/mol. The van der Waals surface area contributed by atoms with Crippen LogP contribution in [-0.2, 0) is 6.18 Å². The SMILES string of the molecule is C[C@@H](NC(=O)c1ccnn1C1CC1(F)F)c1ccc(C(F)(F)F)nc1. The molecule has 2 aromatic heterocycles. The fourth-order valence-corrected chi connectivity index (χ4v) is 2.39. The highest BCUT2D eigenvalue weighted by atomic mass is 19.4. The molecule has 0 aliphatic heterocycles. The third-order valence-corrected chi connectivity index (χ3v) is 3.92. The topological polar surface area (TPSA) is 59.8 Å². The summed E-state index contributed by atoms with van der Waals surface area (Å²) in [4.78, 5) is 15.6. The van der Waals surface area contributed by atoms with Crippen LogP contribution in [0.4, 0.5) is 22.0 Å². The molecule has 25 heavy (non-hydrogen) atoms. The molecule has 0 aromatic carbocycles. The molecule has 2 heterocycles. The van der Waals surface area contributed by atoms with E-state index in [2.05, 4.69) is 15.4 Å². The molecule has 0 saturated heterocycles. The molecule has 2 atom stereocenters. The van der Waals surface area contributed by atoms with Gasteiger partial charge in [0.2, 0.25) is 0 Å². The van der Waals surface area contributed by atoms with Gasteiger partial charge in [0, 0.05) is 18.8 Å². The van der Waals surface area contributed by atoms with Crippen LogP contribution in [0.15, 0.2) is 30.6 Å². The Bertz CT molecular complexity index is 784. The minimum Gasteiger partial charge on any atom is -0.344 e. The average Bonchev–Trinajstić information content (AvgIpc) is 2.96. The molecule has 10 heteroatoms. The van der Waals surface area contributed by atoms with Crippen LogP contribution < -0.4 is 5.32 Å². The first-order valence-electron chi connectivity index (χ1n) is 7.35. The Morgan fingerprint density at radius 1 is 1.36 bits per heavy atom. The first kappa shape index (κ1) is 17.3. The van der Waals surface area contributed by atoms with Gasteiger partial charge in [0.25, 0.3) is 11.8 Å². The zero-order valence-electron chi connectivity index (χ0n) is 12.9. The number of alkyl halides is 5. The quantitative estimate of drug-likeness (QED) is 0.851. The van der Waals surface area contributed by atoms with Crippen molar-refractivity contribution in [3.8, 4) is 0 Å². The van der Waals surface area contributed by atoms with E-state index in [4.69, 9.17) is 0 Å². The van der Waals surface area contributed by atoms with E-state index in [1.807, 2.05) is 0 Å². The third-order valence-electron chi connectivity index (χ3n) is 3.92. The van der Waals surface area contributed by atoms with Crippen LogP contribution in [0.1, 0.15) is 47.2 Å². The first-order chi connectivity index (χ1) is 11.6. The maximum atomic E-state index is 13.2. The van der Waals surface area contributed by atoms with Gasteiger partial charge in [-0.25, -0.2) is 8.78 Å². The van der Waals surface area contributed by atoms with Gasteiger partial charge in [-0.3, -0.25) is 14.5 Å². The van der Waals surface area contributed by atoms with Gasteiger partial charge in [-0.05, 0) is 24.6 Å². The van der Waals surface area contributed by atoms with Gasteiger partial charge >= 0.3 is 6.18 Å². The minimum atomic E-state index is -4.55. The van der Waals surface area contributed by atoms with Gasteiger partial charge in [-0.15, -0.1) is 0 Å². The van der Waals surface area contributed by atoms with Crippen LogP contribution in [0.2, 0.25) is 0 Å². The van der Waals surface area contributed by atoms with E-state index in [1.54, 1.807) is 6.92 Å². The summed E-state index contributed by atoms with van der Waals surface area (Å²) >= 11 is 0. The van der Waals surface area contributed by atoms with E-state index < -0.39 is 35.8 Å². The Morgan fingerprint density at radius 3 is 2.56 bits per heavy atom. The highest BCUT2D eigenvalue weighted by Crippen LogP contribution is 2.52. The Hall–Kier alpha value is -2.52. The molecule has 0 spiro atoms. The summed E-state index contributed by atoms with van der Waals surface area (Å²) in [5.41, 5.74) is -0.720. The number of halogens is 5. The standard InChI is InChI=1S/C15H13F5N4O/c1-8(9-2-3-11(21-7-9)15(18,19)20)23-13(25)10-4-5-22-24(10)12-6-14(12,16)17/h2-5,7-8,12H,6H2,1H3,(H,23,25)/t8-,12?/m1/s1. The van der Waals surface area contributed by atoms with Crippen molar-refractivity contribution in [1.82, 2.24) is 20.1 Å². The van der Waals surface area contributed by atoms with E-state index in [0.29, 0.717) is 5.56 Å².